The predicted molar refractivity (Wildman–Crippen MR) is 80.6 cm³/mol. The van der Waals surface area contributed by atoms with Crippen molar-refractivity contribution < 1.29 is 4.39 Å². The zero-order chi connectivity index (χ0) is 13.9. The highest BCUT2D eigenvalue weighted by atomic mass is 79.9. The monoisotopic (exact) mass is 336 g/mol. The van der Waals surface area contributed by atoms with E-state index >= 15 is 0 Å². The summed E-state index contributed by atoms with van der Waals surface area (Å²) in [5.41, 5.74) is 0. The lowest BCUT2D eigenvalue weighted by molar-refractivity contribution is 0.574. The fourth-order valence-corrected chi connectivity index (χ4v) is 2.53. The van der Waals surface area contributed by atoms with E-state index in [4.69, 9.17) is 0 Å². The molecule has 1 saturated heterocycles. The number of hydrogen-bond donors (Lipinski definition) is 0. The van der Waals surface area contributed by atoms with Crippen LogP contribution in [0.1, 0.15) is 0 Å². The fourth-order valence-electron chi connectivity index (χ4n) is 2.29. The molecule has 0 aliphatic carbocycles. The van der Waals surface area contributed by atoms with Crippen LogP contribution in [0.5, 0.6) is 0 Å². The van der Waals surface area contributed by atoms with E-state index < -0.39 is 5.95 Å². The van der Waals surface area contributed by atoms with E-state index in [1.807, 2.05) is 18.2 Å². The second kappa shape index (κ2) is 5.75. The minimum Gasteiger partial charge on any atom is -0.353 e. The molecular formula is C14H14BrFN4. The van der Waals surface area contributed by atoms with Crippen molar-refractivity contribution in [1.29, 1.82) is 0 Å². The maximum Gasteiger partial charge on any atom is 0.214 e. The van der Waals surface area contributed by atoms with Crippen molar-refractivity contribution in [3.63, 3.8) is 0 Å². The molecule has 0 saturated carbocycles. The number of pyridine rings is 2. The van der Waals surface area contributed by atoms with Crippen molar-refractivity contribution in [3.05, 3.63) is 46.9 Å². The van der Waals surface area contributed by atoms with Crippen molar-refractivity contribution in [2.75, 3.05) is 36.0 Å². The Morgan fingerprint density at radius 1 is 0.950 bits per heavy atom. The highest BCUT2D eigenvalue weighted by molar-refractivity contribution is 9.10. The van der Waals surface area contributed by atoms with E-state index in [2.05, 4.69) is 35.7 Å². The van der Waals surface area contributed by atoms with Gasteiger partial charge in [0.1, 0.15) is 11.6 Å². The summed E-state index contributed by atoms with van der Waals surface area (Å²) < 4.78 is 14.1. The van der Waals surface area contributed by atoms with Crippen molar-refractivity contribution in [3.8, 4) is 0 Å². The van der Waals surface area contributed by atoms with Gasteiger partial charge in [-0.3, -0.25) is 0 Å². The number of halogens is 2. The van der Waals surface area contributed by atoms with Crippen LogP contribution in [0.15, 0.2) is 41.0 Å². The van der Waals surface area contributed by atoms with Gasteiger partial charge in [0.25, 0.3) is 0 Å². The van der Waals surface area contributed by atoms with Gasteiger partial charge in [-0.2, -0.15) is 4.39 Å². The highest BCUT2D eigenvalue weighted by Crippen LogP contribution is 2.19. The molecule has 20 heavy (non-hydrogen) atoms. The first-order valence-electron chi connectivity index (χ1n) is 6.46. The normalized spacial score (nSPS) is 15.5. The summed E-state index contributed by atoms with van der Waals surface area (Å²) >= 11 is 3.38. The Morgan fingerprint density at radius 2 is 1.65 bits per heavy atom. The average Bonchev–Trinajstić information content (AvgIpc) is 2.48. The van der Waals surface area contributed by atoms with Crippen LogP contribution in [0.3, 0.4) is 0 Å². The van der Waals surface area contributed by atoms with E-state index in [1.165, 1.54) is 6.07 Å². The lowest BCUT2D eigenvalue weighted by Crippen LogP contribution is -2.47. The molecule has 4 nitrogen and oxygen atoms in total. The molecule has 2 aromatic heterocycles. The molecule has 2 aromatic rings. The second-order valence-corrected chi connectivity index (χ2v) is 5.54. The number of hydrogen-bond acceptors (Lipinski definition) is 4. The Morgan fingerprint density at radius 3 is 2.25 bits per heavy atom. The fraction of sp³-hybridized carbons (Fsp3) is 0.286. The van der Waals surface area contributed by atoms with E-state index in [0.717, 1.165) is 36.5 Å². The lowest BCUT2D eigenvalue weighted by Gasteiger charge is -2.36. The van der Waals surface area contributed by atoms with Crippen molar-refractivity contribution in [1.82, 2.24) is 9.97 Å². The second-order valence-electron chi connectivity index (χ2n) is 4.63. The Hall–Kier alpha value is -1.69. The van der Waals surface area contributed by atoms with Gasteiger partial charge in [0.2, 0.25) is 5.95 Å². The lowest BCUT2D eigenvalue weighted by atomic mass is 10.3. The van der Waals surface area contributed by atoms with E-state index in [-0.39, 0.29) is 0 Å². The molecule has 0 N–H and O–H groups in total. The molecule has 1 aliphatic rings. The highest BCUT2D eigenvalue weighted by Gasteiger charge is 2.19. The smallest absolute Gasteiger partial charge is 0.214 e. The third-order valence-corrected chi connectivity index (χ3v) is 3.81. The molecule has 3 heterocycles. The van der Waals surface area contributed by atoms with Gasteiger partial charge >= 0.3 is 0 Å². The van der Waals surface area contributed by atoms with Crippen LogP contribution in [-0.4, -0.2) is 36.1 Å². The predicted octanol–water partition coefficient (Wildman–Crippen LogP) is 2.70. The van der Waals surface area contributed by atoms with Crippen LogP contribution < -0.4 is 9.80 Å². The first kappa shape index (κ1) is 13.3. The molecule has 0 atom stereocenters. The Balaban J connectivity index is 1.66. The molecule has 1 fully saturated rings. The molecule has 0 spiro atoms. The van der Waals surface area contributed by atoms with E-state index in [9.17, 15) is 4.39 Å². The maximum absolute atomic E-state index is 13.1. The maximum atomic E-state index is 13.1. The standard InChI is InChI=1S/C14H14BrFN4/c15-11-4-5-13(17-10-11)19-6-8-20(9-7-19)14-3-1-2-12(16)18-14/h1-5,10H,6-9H2. The van der Waals surface area contributed by atoms with Gasteiger partial charge in [-0.05, 0) is 40.2 Å². The SMILES string of the molecule is Fc1cccc(N2CCN(c3ccc(Br)cn3)CC2)n1. The van der Waals surface area contributed by atoms with Gasteiger partial charge in [0, 0.05) is 36.8 Å². The molecule has 0 radical (unpaired) electrons. The van der Waals surface area contributed by atoms with Crippen LogP contribution >= 0.6 is 15.9 Å². The number of piperazine rings is 1. The first-order valence-corrected chi connectivity index (χ1v) is 7.26. The van der Waals surface area contributed by atoms with E-state index in [0.29, 0.717) is 5.82 Å². The Bertz CT molecular complexity index is 582. The summed E-state index contributed by atoms with van der Waals surface area (Å²) in [6.45, 7) is 3.34. The van der Waals surface area contributed by atoms with Crippen molar-refractivity contribution in [2.24, 2.45) is 0 Å². The zero-order valence-corrected chi connectivity index (χ0v) is 12.4. The number of rotatable bonds is 2. The van der Waals surface area contributed by atoms with Gasteiger partial charge in [-0.15, -0.1) is 0 Å². The van der Waals surface area contributed by atoms with Crippen molar-refractivity contribution >= 4 is 27.6 Å². The molecule has 6 heteroatoms. The van der Waals surface area contributed by atoms with Gasteiger partial charge < -0.3 is 9.80 Å². The summed E-state index contributed by atoms with van der Waals surface area (Å²) in [5, 5.41) is 0. The van der Waals surface area contributed by atoms with Gasteiger partial charge in [0.15, 0.2) is 0 Å². The minimum absolute atomic E-state index is 0.431. The summed E-state index contributed by atoms with van der Waals surface area (Å²) in [5.74, 6) is 1.24. The number of nitrogens with zero attached hydrogens (tertiary/aromatic N) is 4. The zero-order valence-electron chi connectivity index (χ0n) is 10.8. The average molecular weight is 337 g/mol. The third kappa shape index (κ3) is 2.90. The summed E-state index contributed by atoms with van der Waals surface area (Å²) in [6, 6.07) is 8.89. The number of anilines is 2. The third-order valence-electron chi connectivity index (χ3n) is 3.34. The topological polar surface area (TPSA) is 32.3 Å². The molecule has 0 amide bonds. The minimum atomic E-state index is -0.431. The largest absolute Gasteiger partial charge is 0.353 e. The van der Waals surface area contributed by atoms with Crippen LogP contribution in [0.2, 0.25) is 0 Å². The molecule has 3 rings (SSSR count). The summed E-state index contributed by atoms with van der Waals surface area (Å²) in [4.78, 5) is 12.6. The van der Waals surface area contributed by atoms with Crippen LogP contribution in [0, 0.1) is 5.95 Å². The molecule has 1 aliphatic heterocycles. The Kier molecular flexibility index (Phi) is 3.82. The molecule has 0 bridgehead atoms. The first-order chi connectivity index (χ1) is 9.72. The molecule has 0 aromatic carbocycles. The van der Waals surface area contributed by atoms with Crippen molar-refractivity contribution in [2.45, 2.75) is 0 Å². The summed E-state index contributed by atoms with van der Waals surface area (Å²) in [7, 11) is 0. The van der Waals surface area contributed by atoms with Crippen LogP contribution in [-0.2, 0) is 0 Å². The van der Waals surface area contributed by atoms with Gasteiger partial charge in [-0.1, -0.05) is 6.07 Å². The van der Waals surface area contributed by atoms with Crippen LogP contribution in [0.4, 0.5) is 16.0 Å². The molecular weight excluding hydrogens is 323 g/mol. The van der Waals surface area contributed by atoms with Crippen LogP contribution in [0.25, 0.3) is 0 Å². The Labute approximate surface area is 125 Å². The van der Waals surface area contributed by atoms with Gasteiger partial charge in [0.05, 0.1) is 0 Å². The van der Waals surface area contributed by atoms with Gasteiger partial charge in [-0.25, -0.2) is 9.97 Å². The molecule has 0 unspecified atom stereocenters. The quantitative estimate of drug-likeness (QED) is 0.789. The summed E-state index contributed by atoms with van der Waals surface area (Å²) in [6.07, 6.45) is 1.80. The number of aromatic nitrogens is 2. The van der Waals surface area contributed by atoms with E-state index in [1.54, 1.807) is 12.3 Å². The molecule has 104 valence electrons.